The molecular weight excluding hydrogens is 214 g/mol. The van der Waals surface area contributed by atoms with Crippen LogP contribution in [0, 0.1) is 0 Å². The van der Waals surface area contributed by atoms with Crippen molar-refractivity contribution in [2.75, 3.05) is 13.2 Å². The summed E-state index contributed by atoms with van der Waals surface area (Å²) in [5.41, 5.74) is 0.164. The highest BCUT2D eigenvalue weighted by molar-refractivity contribution is 6.28. The molecule has 0 unspecified atom stereocenters. The van der Waals surface area contributed by atoms with E-state index in [9.17, 15) is 0 Å². The average Bonchev–Trinajstić information content (AvgIpc) is 2.63. The molecule has 0 aromatic carbocycles. The van der Waals surface area contributed by atoms with Gasteiger partial charge in [-0.05, 0) is 43.5 Å². The van der Waals surface area contributed by atoms with Gasteiger partial charge >= 0.3 is 0 Å². The van der Waals surface area contributed by atoms with Gasteiger partial charge in [0, 0.05) is 18.8 Å². The van der Waals surface area contributed by atoms with Crippen LogP contribution in [-0.4, -0.2) is 18.8 Å². The number of hydrogen-bond donors (Lipinski definition) is 1. The van der Waals surface area contributed by atoms with E-state index in [0.29, 0.717) is 5.22 Å². The molecule has 3 nitrogen and oxygen atoms in total. The summed E-state index contributed by atoms with van der Waals surface area (Å²) in [7, 11) is 0. The molecule has 2 heterocycles. The Balaban J connectivity index is 1.86. The summed E-state index contributed by atoms with van der Waals surface area (Å²) in [4.78, 5) is 0. The van der Waals surface area contributed by atoms with Crippen LogP contribution >= 0.6 is 11.6 Å². The van der Waals surface area contributed by atoms with Crippen molar-refractivity contribution < 1.29 is 9.15 Å². The molecule has 4 heteroatoms. The van der Waals surface area contributed by atoms with Crippen LogP contribution in [0.15, 0.2) is 16.5 Å². The van der Waals surface area contributed by atoms with Crippen LogP contribution in [0.4, 0.5) is 0 Å². The highest BCUT2D eigenvalue weighted by Gasteiger charge is 2.26. The smallest absolute Gasteiger partial charge is 0.193 e. The summed E-state index contributed by atoms with van der Waals surface area (Å²) in [6.45, 7) is 4.62. The maximum absolute atomic E-state index is 5.70. The van der Waals surface area contributed by atoms with Gasteiger partial charge < -0.3 is 14.5 Å². The second kappa shape index (κ2) is 4.56. The molecule has 2 rings (SSSR count). The molecule has 15 heavy (non-hydrogen) atoms. The Morgan fingerprint density at radius 1 is 1.40 bits per heavy atom. The van der Waals surface area contributed by atoms with E-state index in [4.69, 9.17) is 20.8 Å². The summed E-state index contributed by atoms with van der Waals surface area (Å²) in [6, 6.07) is 3.67. The van der Waals surface area contributed by atoms with Crippen molar-refractivity contribution in [3.05, 3.63) is 23.1 Å². The molecule has 1 aliphatic rings. The van der Waals surface area contributed by atoms with Crippen LogP contribution in [0.25, 0.3) is 0 Å². The number of nitrogens with one attached hydrogen (secondary N) is 1. The van der Waals surface area contributed by atoms with Crippen molar-refractivity contribution in [3.8, 4) is 0 Å². The molecule has 1 saturated heterocycles. The zero-order valence-electron chi connectivity index (χ0n) is 8.88. The molecule has 1 aromatic heterocycles. The summed E-state index contributed by atoms with van der Waals surface area (Å²) in [5.74, 6) is 0.882. The largest absolute Gasteiger partial charge is 0.448 e. The summed E-state index contributed by atoms with van der Waals surface area (Å²) < 4.78 is 10.6. The third-order valence-corrected chi connectivity index (χ3v) is 3.12. The highest BCUT2D eigenvalue weighted by Crippen LogP contribution is 2.21. The van der Waals surface area contributed by atoms with Gasteiger partial charge in [0.05, 0.1) is 6.54 Å². The van der Waals surface area contributed by atoms with Crippen LogP contribution in [-0.2, 0) is 11.3 Å². The van der Waals surface area contributed by atoms with Gasteiger partial charge in [-0.3, -0.25) is 0 Å². The predicted molar refractivity (Wildman–Crippen MR) is 59.0 cm³/mol. The Labute approximate surface area is 94.7 Å². The first-order valence-corrected chi connectivity index (χ1v) is 5.63. The molecule has 84 valence electrons. The normalized spacial score (nSPS) is 20.4. The Morgan fingerprint density at radius 3 is 2.73 bits per heavy atom. The molecule has 1 aromatic rings. The van der Waals surface area contributed by atoms with E-state index in [1.807, 2.05) is 6.07 Å². The first-order valence-electron chi connectivity index (χ1n) is 5.25. The van der Waals surface area contributed by atoms with Crippen molar-refractivity contribution in [1.82, 2.24) is 5.32 Å². The van der Waals surface area contributed by atoms with Crippen LogP contribution in [0.1, 0.15) is 25.5 Å². The van der Waals surface area contributed by atoms with Crippen LogP contribution in [0.5, 0.6) is 0 Å². The van der Waals surface area contributed by atoms with E-state index in [0.717, 1.165) is 38.4 Å². The fraction of sp³-hybridized carbons (Fsp3) is 0.636. The van der Waals surface area contributed by atoms with Gasteiger partial charge in [-0.1, -0.05) is 0 Å². The molecular formula is C11H16ClNO2. The van der Waals surface area contributed by atoms with E-state index in [1.54, 1.807) is 6.07 Å². The van der Waals surface area contributed by atoms with Gasteiger partial charge in [0.2, 0.25) is 0 Å². The SMILES string of the molecule is CC1(NCc2ccc(Cl)o2)CCOCC1. The van der Waals surface area contributed by atoms with Crippen molar-refractivity contribution >= 4 is 11.6 Å². The Bertz CT molecular complexity index is 318. The second-order valence-corrected chi connectivity index (χ2v) is 4.60. The van der Waals surface area contributed by atoms with Gasteiger partial charge in [-0.2, -0.15) is 0 Å². The van der Waals surface area contributed by atoms with Crippen molar-refractivity contribution in [1.29, 1.82) is 0 Å². The van der Waals surface area contributed by atoms with E-state index in [2.05, 4.69) is 12.2 Å². The zero-order chi connectivity index (χ0) is 10.7. The lowest BCUT2D eigenvalue weighted by molar-refractivity contribution is 0.0439. The molecule has 0 saturated carbocycles. The molecule has 0 bridgehead atoms. The minimum absolute atomic E-state index is 0.164. The topological polar surface area (TPSA) is 34.4 Å². The third kappa shape index (κ3) is 2.97. The lowest BCUT2D eigenvalue weighted by Crippen LogP contribution is -2.46. The molecule has 1 N–H and O–H groups in total. The second-order valence-electron chi connectivity index (χ2n) is 4.23. The van der Waals surface area contributed by atoms with Crippen LogP contribution < -0.4 is 5.32 Å². The molecule has 1 fully saturated rings. The lowest BCUT2D eigenvalue weighted by Gasteiger charge is -2.34. The zero-order valence-corrected chi connectivity index (χ0v) is 9.64. The number of ether oxygens (including phenoxy) is 1. The number of halogens is 1. The van der Waals surface area contributed by atoms with Crippen LogP contribution in [0.3, 0.4) is 0 Å². The highest BCUT2D eigenvalue weighted by atomic mass is 35.5. The quantitative estimate of drug-likeness (QED) is 0.865. The van der Waals surface area contributed by atoms with E-state index >= 15 is 0 Å². The van der Waals surface area contributed by atoms with E-state index in [-0.39, 0.29) is 5.54 Å². The minimum Gasteiger partial charge on any atom is -0.448 e. The number of hydrogen-bond acceptors (Lipinski definition) is 3. The van der Waals surface area contributed by atoms with Gasteiger partial charge in [0.1, 0.15) is 5.76 Å². The standard InChI is InChI=1S/C11H16ClNO2/c1-11(4-6-14-7-5-11)13-8-9-2-3-10(12)15-9/h2-3,13H,4-8H2,1H3. The lowest BCUT2D eigenvalue weighted by atomic mass is 9.92. The van der Waals surface area contributed by atoms with Gasteiger partial charge in [0.15, 0.2) is 5.22 Å². The Kier molecular flexibility index (Phi) is 3.34. The maximum atomic E-state index is 5.70. The third-order valence-electron chi connectivity index (χ3n) is 2.91. The average molecular weight is 230 g/mol. The molecule has 0 aliphatic carbocycles. The van der Waals surface area contributed by atoms with Gasteiger partial charge in [0.25, 0.3) is 0 Å². The molecule has 1 aliphatic heterocycles. The molecule has 0 spiro atoms. The summed E-state index contributed by atoms with van der Waals surface area (Å²) in [5, 5.41) is 3.94. The van der Waals surface area contributed by atoms with Crippen molar-refractivity contribution in [2.45, 2.75) is 31.8 Å². The fourth-order valence-corrected chi connectivity index (χ4v) is 1.91. The summed E-state index contributed by atoms with van der Waals surface area (Å²) >= 11 is 5.70. The number of rotatable bonds is 3. The van der Waals surface area contributed by atoms with E-state index in [1.165, 1.54) is 0 Å². The molecule has 0 atom stereocenters. The van der Waals surface area contributed by atoms with Crippen LogP contribution in [0.2, 0.25) is 5.22 Å². The molecule has 0 amide bonds. The van der Waals surface area contributed by atoms with Crippen molar-refractivity contribution in [2.24, 2.45) is 0 Å². The Hall–Kier alpha value is -0.510. The first kappa shape index (κ1) is 11.0. The maximum Gasteiger partial charge on any atom is 0.193 e. The van der Waals surface area contributed by atoms with E-state index < -0.39 is 0 Å². The summed E-state index contributed by atoms with van der Waals surface area (Å²) in [6.07, 6.45) is 2.09. The predicted octanol–water partition coefficient (Wildman–Crippen LogP) is 2.59. The van der Waals surface area contributed by atoms with Crippen molar-refractivity contribution in [3.63, 3.8) is 0 Å². The van der Waals surface area contributed by atoms with Gasteiger partial charge in [-0.15, -0.1) is 0 Å². The molecule has 0 radical (unpaired) electrons. The first-order chi connectivity index (χ1) is 7.18. The minimum atomic E-state index is 0.164. The number of furan rings is 1. The monoisotopic (exact) mass is 229 g/mol. The Morgan fingerprint density at radius 2 is 2.13 bits per heavy atom. The fourth-order valence-electron chi connectivity index (χ4n) is 1.75. The van der Waals surface area contributed by atoms with Gasteiger partial charge in [-0.25, -0.2) is 0 Å².